The van der Waals surface area contributed by atoms with Crippen LogP contribution >= 0.6 is 0 Å². The van der Waals surface area contributed by atoms with Gasteiger partial charge in [-0.25, -0.2) is 0 Å². The number of hydrogen-bond acceptors (Lipinski definition) is 6. The molecule has 468 valence electrons. The summed E-state index contributed by atoms with van der Waals surface area (Å²) in [5.41, 5.74) is 0. The van der Waals surface area contributed by atoms with Crippen molar-refractivity contribution in [2.24, 2.45) is 0 Å². The van der Waals surface area contributed by atoms with Crippen LogP contribution in [0, 0.1) is 0 Å². The second-order valence-electron chi connectivity index (χ2n) is 23.4. The summed E-state index contributed by atoms with van der Waals surface area (Å²) in [6.07, 6.45) is 92.1. The average molecular weight is 1130 g/mol. The monoisotopic (exact) mass is 1130 g/mol. The maximum Gasteiger partial charge on any atom is 0.306 e. The molecule has 1 atom stereocenters. The Hall–Kier alpha value is -3.41. The zero-order chi connectivity index (χ0) is 58.5. The number of carbonyl (C=O) groups excluding carboxylic acids is 3. The Kier molecular flexibility index (Phi) is 66.2. The van der Waals surface area contributed by atoms with E-state index in [-0.39, 0.29) is 31.1 Å². The molecule has 0 aromatic rings. The smallest absolute Gasteiger partial charge is 0.306 e. The fourth-order valence-corrected chi connectivity index (χ4v) is 10.2. The highest BCUT2D eigenvalue weighted by Gasteiger charge is 2.19. The Bertz CT molecular complexity index is 1530. The number of ether oxygens (including phenoxy) is 3. The third-order valence-corrected chi connectivity index (χ3v) is 15.4. The summed E-state index contributed by atoms with van der Waals surface area (Å²) in [5.74, 6) is -0.914. The molecule has 0 aliphatic carbocycles. The molecular formula is C75H132O6. The molecule has 6 heteroatoms. The number of hydrogen-bond donors (Lipinski definition) is 0. The second kappa shape index (κ2) is 69.1. The molecule has 0 saturated heterocycles. The molecule has 0 aliphatic heterocycles. The van der Waals surface area contributed by atoms with Gasteiger partial charge in [-0.15, -0.1) is 0 Å². The van der Waals surface area contributed by atoms with E-state index in [2.05, 4.69) is 106 Å². The molecule has 1 unspecified atom stereocenters. The molecule has 0 aromatic carbocycles. The van der Waals surface area contributed by atoms with E-state index in [9.17, 15) is 14.4 Å². The molecule has 0 bridgehead atoms. The zero-order valence-electron chi connectivity index (χ0n) is 53.8. The van der Waals surface area contributed by atoms with Crippen molar-refractivity contribution in [3.8, 4) is 0 Å². The number of carbonyl (C=O) groups is 3. The minimum absolute atomic E-state index is 0.0876. The minimum Gasteiger partial charge on any atom is -0.462 e. The van der Waals surface area contributed by atoms with Crippen LogP contribution in [0.2, 0.25) is 0 Å². The molecule has 0 aromatic heterocycles. The molecule has 0 amide bonds. The van der Waals surface area contributed by atoms with Crippen molar-refractivity contribution in [1.29, 1.82) is 0 Å². The van der Waals surface area contributed by atoms with Crippen molar-refractivity contribution in [2.75, 3.05) is 13.2 Å². The van der Waals surface area contributed by atoms with Gasteiger partial charge in [0.15, 0.2) is 6.10 Å². The van der Waals surface area contributed by atoms with Crippen LogP contribution in [0.25, 0.3) is 0 Å². The van der Waals surface area contributed by atoms with E-state index in [1.807, 2.05) is 0 Å². The van der Waals surface area contributed by atoms with Crippen molar-refractivity contribution >= 4 is 17.9 Å². The first kappa shape index (κ1) is 77.6. The van der Waals surface area contributed by atoms with Crippen LogP contribution in [-0.2, 0) is 28.6 Å². The molecule has 0 aliphatic rings. The third kappa shape index (κ3) is 67.3. The summed E-state index contributed by atoms with van der Waals surface area (Å²) < 4.78 is 16.9. The van der Waals surface area contributed by atoms with Crippen molar-refractivity contribution in [3.63, 3.8) is 0 Å². The summed E-state index contributed by atoms with van der Waals surface area (Å²) >= 11 is 0. The lowest BCUT2D eigenvalue weighted by Gasteiger charge is -2.18. The number of rotatable bonds is 64. The predicted octanol–water partition coefficient (Wildman–Crippen LogP) is 24.2. The molecule has 81 heavy (non-hydrogen) atoms. The van der Waals surface area contributed by atoms with Gasteiger partial charge in [-0.2, -0.15) is 0 Å². The van der Waals surface area contributed by atoms with Gasteiger partial charge in [-0.1, -0.05) is 311 Å². The Morgan fingerprint density at radius 3 is 0.778 bits per heavy atom. The van der Waals surface area contributed by atoms with Gasteiger partial charge >= 0.3 is 17.9 Å². The van der Waals surface area contributed by atoms with Crippen LogP contribution in [0.1, 0.15) is 355 Å². The Balaban J connectivity index is 4.14. The lowest BCUT2D eigenvalue weighted by molar-refractivity contribution is -0.167. The first-order chi connectivity index (χ1) is 40.0. The molecule has 0 rings (SSSR count). The van der Waals surface area contributed by atoms with E-state index >= 15 is 0 Å². The van der Waals surface area contributed by atoms with Gasteiger partial charge in [-0.05, 0) is 109 Å². The molecule has 0 fully saturated rings. The Morgan fingerprint density at radius 1 is 0.259 bits per heavy atom. The van der Waals surface area contributed by atoms with Crippen LogP contribution in [0.5, 0.6) is 0 Å². The van der Waals surface area contributed by atoms with Gasteiger partial charge in [0.1, 0.15) is 13.2 Å². The van der Waals surface area contributed by atoms with Gasteiger partial charge in [0.2, 0.25) is 0 Å². The van der Waals surface area contributed by atoms with Gasteiger partial charge in [0, 0.05) is 19.3 Å². The van der Waals surface area contributed by atoms with E-state index in [1.165, 1.54) is 205 Å². The van der Waals surface area contributed by atoms with Crippen molar-refractivity contribution in [2.45, 2.75) is 361 Å². The summed E-state index contributed by atoms with van der Waals surface area (Å²) in [6, 6.07) is 0. The largest absolute Gasteiger partial charge is 0.462 e. The molecule has 0 N–H and O–H groups in total. The first-order valence-corrected chi connectivity index (χ1v) is 35.1. The molecule has 6 nitrogen and oxygen atoms in total. The molecule has 0 radical (unpaired) electrons. The van der Waals surface area contributed by atoms with Crippen LogP contribution < -0.4 is 0 Å². The number of esters is 3. The third-order valence-electron chi connectivity index (χ3n) is 15.4. The van der Waals surface area contributed by atoms with Crippen LogP contribution in [0.3, 0.4) is 0 Å². The molecular weight excluding hydrogens is 997 g/mol. The van der Waals surface area contributed by atoms with Gasteiger partial charge in [0.25, 0.3) is 0 Å². The quantitative estimate of drug-likeness (QED) is 0.0261. The van der Waals surface area contributed by atoms with E-state index in [0.717, 1.165) is 109 Å². The molecule has 0 spiro atoms. The standard InChI is InChI=1S/C75H132O6/c1-4-7-10-13-16-19-22-25-27-29-30-31-32-33-34-35-36-37-38-39-40-41-42-43-44-46-47-50-53-56-59-62-65-68-74(77)80-71-72(70-79-73(76)67-64-61-58-55-52-49-24-21-18-15-12-9-6-3)81-75(78)69-66-63-60-57-54-51-48-45-28-26-23-20-17-14-11-8-5-2/h8-9,11-12,17-18,20-21,26,28-30,49,52,72H,4-7,10,13-16,19,22-25,27,31-48,50-51,53-71H2,1-3H3/b11-8-,12-9-,20-17-,21-18-,28-26-,30-29-,52-49-. The zero-order valence-corrected chi connectivity index (χ0v) is 53.8. The highest BCUT2D eigenvalue weighted by molar-refractivity contribution is 5.71. The average Bonchev–Trinajstić information content (AvgIpc) is 3.46. The van der Waals surface area contributed by atoms with Crippen LogP contribution in [0.15, 0.2) is 85.1 Å². The maximum absolute atomic E-state index is 12.9. The highest BCUT2D eigenvalue weighted by atomic mass is 16.6. The normalized spacial score (nSPS) is 12.6. The second-order valence-corrected chi connectivity index (χ2v) is 23.4. The van der Waals surface area contributed by atoms with Gasteiger partial charge in [0.05, 0.1) is 0 Å². The summed E-state index contributed by atoms with van der Waals surface area (Å²) in [5, 5.41) is 0. The van der Waals surface area contributed by atoms with Gasteiger partial charge in [-0.3, -0.25) is 14.4 Å². The van der Waals surface area contributed by atoms with Crippen LogP contribution in [0.4, 0.5) is 0 Å². The Labute approximate surface area is 503 Å². The summed E-state index contributed by atoms with van der Waals surface area (Å²) in [4.78, 5) is 38.3. The minimum atomic E-state index is -0.794. The first-order valence-electron chi connectivity index (χ1n) is 35.1. The van der Waals surface area contributed by atoms with Crippen molar-refractivity contribution in [3.05, 3.63) is 85.1 Å². The van der Waals surface area contributed by atoms with Crippen LogP contribution in [-0.4, -0.2) is 37.2 Å². The topological polar surface area (TPSA) is 78.9 Å². The maximum atomic E-state index is 12.9. The van der Waals surface area contributed by atoms with E-state index in [4.69, 9.17) is 14.2 Å². The summed E-state index contributed by atoms with van der Waals surface area (Å²) in [7, 11) is 0. The van der Waals surface area contributed by atoms with Crippen molar-refractivity contribution < 1.29 is 28.6 Å². The number of unbranched alkanes of at least 4 members (excludes halogenated alkanes) is 39. The summed E-state index contributed by atoms with van der Waals surface area (Å²) in [6.45, 7) is 6.42. The number of allylic oxidation sites excluding steroid dienone is 14. The lowest BCUT2D eigenvalue weighted by Crippen LogP contribution is -2.30. The fraction of sp³-hybridized carbons (Fsp3) is 0.773. The molecule has 0 saturated carbocycles. The van der Waals surface area contributed by atoms with Crippen molar-refractivity contribution in [1.82, 2.24) is 0 Å². The lowest BCUT2D eigenvalue weighted by atomic mass is 10.0. The SMILES string of the molecule is CC/C=C\C/C=C\C/C=C\CCCCCCCCCC(=O)OC(COC(=O)CCCCC/C=C\C/C=C\C/C=C\CC)COC(=O)CCCCCCCCCCCCCCCCCCCCCCC/C=C\CCCCCCCCCC. The van der Waals surface area contributed by atoms with E-state index in [0.29, 0.717) is 19.3 Å². The van der Waals surface area contributed by atoms with E-state index < -0.39 is 6.10 Å². The molecule has 0 heterocycles. The van der Waals surface area contributed by atoms with E-state index in [1.54, 1.807) is 0 Å². The highest BCUT2D eigenvalue weighted by Crippen LogP contribution is 2.18. The van der Waals surface area contributed by atoms with Gasteiger partial charge < -0.3 is 14.2 Å². The fourth-order valence-electron chi connectivity index (χ4n) is 10.2. The Morgan fingerprint density at radius 2 is 0.481 bits per heavy atom. The predicted molar refractivity (Wildman–Crippen MR) is 353 cm³/mol.